The van der Waals surface area contributed by atoms with Crippen molar-refractivity contribution in [3.8, 4) is 0 Å². The van der Waals surface area contributed by atoms with Gasteiger partial charge in [0, 0.05) is 12.3 Å². The first-order valence-corrected chi connectivity index (χ1v) is 10.7. The zero-order valence-electron chi connectivity index (χ0n) is 12.4. The van der Waals surface area contributed by atoms with Gasteiger partial charge in [-0.15, -0.1) is 0 Å². The topological polar surface area (TPSA) is 94.3 Å². The molecule has 0 bridgehead atoms. The van der Waals surface area contributed by atoms with Crippen molar-refractivity contribution in [3.63, 3.8) is 0 Å². The zero-order valence-corrected chi connectivity index (χ0v) is 14.1. The minimum absolute atomic E-state index is 0.240. The van der Waals surface area contributed by atoms with Crippen LogP contribution in [0.25, 0.3) is 0 Å². The normalized spacial score (nSPS) is 14.0. The average Bonchev–Trinajstić information content (AvgIpc) is 2.36. The van der Waals surface area contributed by atoms with E-state index in [9.17, 15) is 16.8 Å². The summed E-state index contributed by atoms with van der Waals surface area (Å²) in [5.41, 5.74) is 7.85. The Morgan fingerprint density at radius 1 is 1.05 bits per heavy atom. The van der Waals surface area contributed by atoms with Crippen molar-refractivity contribution in [2.45, 2.75) is 25.8 Å². The maximum Gasteiger partial charge on any atom is 0.153 e. The molecule has 0 aliphatic rings. The van der Waals surface area contributed by atoms with Gasteiger partial charge in [-0.3, -0.25) is 0 Å². The van der Waals surface area contributed by atoms with Crippen molar-refractivity contribution in [2.75, 3.05) is 23.5 Å². The molecule has 1 unspecified atom stereocenters. The highest BCUT2D eigenvalue weighted by Crippen LogP contribution is 2.15. The number of hydrogen-bond acceptors (Lipinski definition) is 5. The van der Waals surface area contributed by atoms with Crippen LogP contribution in [0.3, 0.4) is 0 Å². The Hall–Kier alpha value is -0.920. The Kier molecular flexibility index (Phi) is 6.37. The van der Waals surface area contributed by atoms with Gasteiger partial charge in [0.25, 0.3) is 0 Å². The van der Waals surface area contributed by atoms with E-state index in [1.807, 2.05) is 24.3 Å². The Balaban J connectivity index is 2.69. The van der Waals surface area contributed by atoms with E-state index >= 15 is 0 Å². The molecular formula is C14H23NO4S2. The molecule has 0 amide bonds. The summed E-state index contributed by atoms with van der Waals surface area (Å²) in [6, 6.07) is 6.93. The van der Waals surface area contributed by atoms with Gasteiger partial charge in [0.15, 0.2) is 9.84 Å². The van der Waals surface area contributed by atoms with Crippen LogP contribution in [0.5, 0.6) is 0 Å². The van der Waals surface area contributed by atoms with Crippen molar-refractivity contribution in [3.05, 3.63) is 35.4 Å². The predicted octanol–water partition coefficient (Wildman–Crippen LogP) is 1.10. The molecule has 0 saturated heterocycles. The Bertz CT molecular complexity index is 649. The van der Waals surface area contributed by atoms with Crippen LogP contribution in [0, 0.1) is 0 Å². The summed E-state index contributed by atoms with van der Waals surface area (Å²) >= 11 is 0. The number of nitrogens with two attached hydrogens (primary N) is 1. The monoisotopic (exact) mass is 333 g/mol. The first-order chi connectivity index (χ1) is 9.63. The minimum atomic E-state index is -3.49. The molecule has 5 nitrogen and oxygen atoms in total. The number of sulfone groups is 2. The molecule has 0 aliphatic heterocycles. The number of benzene rings is 1. The van der Waals surface area contributed by atoms with Gasteiger partial charge in [0.05, 0.1) is 17.3 Å². The van der Waals surface area contributed by atoms with E-state index in [1.165, 1.54) is 5.56 Å². The van der Waals surface area contributed by atoms with Crippen molar-refractivity contribution in [1.29, 1.82) is 0 Å². The Labute approximate surface area is 127 Å². The molecule has 1 aromatic rings. The van der Waals surface area contributed by atoms with Crippen molar-refractivity contribution in [2.24, 2.45) is 5.73 Å². The Morgan fingerprint density at radius 3 is 2.10 bits per heavy atom. The Morgan fingerprint density at radius 2 is 1.62 bits per heavy atom. The van der Waals surface area contributed by atoms with Crippen LogP contribution in [-0.2, 0) is 26.1 Å². The lowest BCUT2D eigenvalue weighted by atomic mass is 10.0. The standard InChI is InChI=1S/C14H23NO4S2/c1-3-4-12-5-7-13(8-6-12)14(15)11-21(18,19)10-9-20(2,16)17/h5-8,14H,3-4,9-11,15H2,1-2H3. The summed E-state index contributed by atoms with van der Waals surface area (Å²) in [4.78, 5) is 0. The average molecular weight is 333 g/mol. The van der Waals surface area contributed by atoms with E-state index in [2.05, 4.69) is 6.92 Å². The van der Waals surface area contributed by atoms with Gasteiger partial charge in [0.1, 0.15) is 9.84 Å². The second kappa shape index (κ2) is 7.38. The molecule has 1 aromatic carbocycles. The van der Waals surface area contributed by atoms with Gasteiger partial charge >= 0.3 is 0 Å². The molecule has 120 valence electrons. The molecule has 2 N–H and O–H groups in total. The van der Waals surface area contributed by atoms with Crippen LogP contribution in [0.2, 0.25) is 0 Å². The van der Waals surface area contributed by atoms with Crippen LogP contribution < -0.4 is 5.73 Å². The lowest BCUT2D eigenvalue weighted by molar-refractivity contribution is 0.585. The van der Waals surface area contributed by atoms with E-state index in [0.717, 1.165) is 24.7 Å². The fourth-order valence-electron chi connectivity index (χ4n) is 1.95. The summed E-state index contributed by atoms with van der Waals surface area (Å²) in [5.74, 6) is -0.986. The van der Waals surface area contributed by atoms with Crippen molar-refractivity contribution < 1.29 is 16.8 Å². The fraction of sp³-hybridized carbons (Fsp3) is 0.571. The molecule has 0 spiro atoms. The van der Waals surface area contributed by atoms with Gasteiger partial charge in [-0.1, -0.05) is 37.6 Å². The minimum Gasteiger partial charge on any atom is -0.323 e. The maximum absolute atomic E-state index is 11.9. The van der Waals surface area contributed by atoms with E-state index in [-0.39, 0.29) is 17.3 Å². The summed E-state index contributed by atoms with van der Waals surface area (Å²) in [7, 11) is -6.78. The highest BCUT2D eigenvalue weighted by atomic mass is 32.2. The molecule has 21 heavy (non-hydrogen) atoms. The molecule has 1 atom stereocenters. The second-order valence-electron chi connectivity index (χ2n) is 5.34. The molecule has 0 radical (unpaired) electrons. The summed E-state index contributed by atoms with van der Waals surface area (Å²) < 4.78 is 45.8. The van der Waals surface area contributed by atoms with Gasteiger partial charge in [0.2, 0.25) is 0 Å². The van der Waals surface area contributed by atoms with Gasteiger partial charge < -0.3 is 5.73 Å². The lowest BCUT2D eigenvalue weighted by Gasteiger charge is -2.13. The van der Waals surface area contributed by atoms with Crippen LogP contribution in [0.4, 0.5) is 0 Å². The molecule has 0 fully saturated rings. The van der Waals surface area contributed by atoms with Gasteiger partial charge in [-0.05, 0) is 17.5 Å². The van der Waals surface area contributed by atoms with Crippen LogP contribution in [0.1, 0.15) is 30.5 Å². The zero-order chi connectivity index (χ0) is 16.1. The third-order valence-corrected chi connectivity index (χ3v) is 6.04. The largest absolute Gasteiger partial charge is 0.323 e. The first-order valence-electron chi connectivity index (χ1n) is 6.85. The van der Waals surface area contributed by atoms with Crippen LogP contribution in [0.15, 0.2) is 24.3 Å². The van der Waals surface area contributed by atoms with Crippen LogP contribution in [-0.4, -0.2) is 40.3 Å². The molecule has 0 saturated carbocycles. The lowest BCUT2D eigenvalue weighted by Crippen LogP contribution is -2.26. The van der Waals surface area contributed by atoms with Gasteiger partial charge in [-0.25, -0.2) is 16.8 Å². The highest BCUT2D eigenvalue weighted by Gasteiger charge is 2.19. The summed E-state index contributed by atoms with van der Waals surface area (Å²) in [5, 5.41) is 0. The summed E-state index contributed by atoms with van der Waals surface area (Å²) in [6.07, 6.45) is 3.04. The SMILES string of the molecule is CCCc1ccc(C(N)CS(=O)(=O)CCS(C)(=O)=O)cc1. The predicted molar refractivity (Wildman–Crippen MR) is 85.7 cm³/mol. The molecule has 0 heterocycles. The van der Waals surface area contributed by atoms with E-state index in [0.29, 0.717) is 0 Å². The summed E-state index contributed by atoms with van der Waals surface area (Å²) in [6.45, 7) is 2.09. The van der Waals surface area contributed by atoms with Crippen molar-refractivity contribution in [1.82, 2.24) is 0 Å². The first kappa shape index (κ1) is 18.1. The molecule has 0 aliphatic carbocycles. The smallest absolute Gasteiger partial charge is 0.153 e. The van der Waals surface area contributed by atoms with E-state index in [1.54, 1.807) is 0 Å². The molecule has 1 rings (SSSR count). The number of aryl methyl sites for hydroxylation is 1. The van der Waals surface area contributed by atoms with E-state index in [4.69, 9.17) is 5.73 Å². The third-order valence-electron chi connectivity index (χ3n) is 3.15. The van der Waals surface area contributed by atoms with Gasteiger partial charge in [-0.2, -0.15) is 0 Å². The highest BCUT2D eigenvalue weighted by molar-refractivity contribution is 7.94. The number of hydrogen-bond donors (Lipinski definition) is 1. The molecule has 0 aromatic heterocycles. The molecular weight excluding hydrogens is 310 g/mol. The van der Waals surface area contributed by atoms with Crippen LogP contribution >= 0.6 is 0 Å². The fourth-order valence-corrected chi connectivity index (χ4v) is 5.08. The number of rotatable bonds is 8. The third kappa shape index (κ3) is 7.06. The molecule has 7 heteroatoms. The van der Waals surface area contributed by atoms with E-state index < -0.39 is 25.7 Å². The quantitative estimate of drug-likeness (QED) is 0.769. The van der Waals surface area contributed by atoms with Crippen molar-refractivity contribution >= 4 is 19.7 Å². The second-order valence-corrected chi connectivity index (χ2v) is 9.83. The maximum atomic E-state index is 11.9.